The SMILES string of the molecule is COc1ccc(NS(=O)(=O)c2ccc(NC(=O)CN(c3ccc(F)cc3)S(=O)(=O)c3ccccc3)cc2)cc1. The number of hydrogen-bond donors (Lipinski definition) is 2. The van der Waals surface area contributed by atoms with E-state index in [9.17, 15) is 26.0 Å². The maximum absolute atomic E-state index is 13.5. The number of carbonyl (C=O) groups excluding carboxylic acids is 1. The third kappa shape index (κ3) is 6.72. The van der Waals surface area contributed by atoms with Crippen molar-refractivity contribution in [3.8, 4) is 5.75 Å². The van der Waals surface area contributed by atoms with Gasteiger partial charge in [-0.3, -0.25) is 13.8 Å². The van der Waals surface area contributed by atoms with Crippen LogP contribution >= 0.6 is 0 Å². The number of methoxy groups -OCH3 is 1. The third-order valence-corrected chi connectivity index (χ3v) is 8.71. The van der Waals surface area contributed by atoms with Gasteiger partial charge in [-0.2, -0.15) is 0 Å². The summed E-state index contributed by atoms with van der Waals surface area (Å²) in [6.45, 7) is -0.609. The quantitative estimate of drug-likeness (QED) is 0.291. The summed E-state index contributed by atoms with van der Waals surface area (Å²) in [6.07, 6.45) is 0. The van der Waals surface area contributed by atoms with E-state index in [1.54, 1.807) is 42.5 Å². The lowest BCUT2D eigenvalue weighted by atomic mass is 10.3. The lowest BCUT2D eigenvalue weighted by molar-refractivity contribution is -0.114. The Hall–Kier alpha value is -4.42. The monoisotopic (exact) mass is 569 g/mol. The van der Waals surface area contributed by atoms with Crippen LogP contribution in [-0.4, -0.2) is 36.4 Å². The third-order valence-electron chi connectivity index (χ3n) is 5.52. The molecule has 0 heterocycles. The first-order valence-corrected chi connectivity index (χ1v) is 14.4. The zero-order chi connectivity index (χ0) is 28.0. The maximum Gasteiger partial charge on any atom is 0.264 e. The number of sulfonamides is 2. The van der Waals surface area contributed by atoms with Gasteiger partial charge in [0, 0.05) is 11.4 Å². The van der Waals surface area contributed by atoms with E-state index in [0.29, 0.717) is 11.4 Å². The molecule has 4 rings (SSSR count). The number of benzene rings is 4. The maximum atomic E-state index is 13.5. The standard InChI is InChI=1S/C27H24FN3O6S2/c1-37-24-15-9-22(10-16-24)30-38(33,34)25-17-11-21(12-18-25)29-27(32)19-31(23-13-7-20(28)8-14-23)39(35,36)26-5-3-2-4-6-26/h2-18,30H,19H2,1H3,(H,29,32). The summed E-state index contributed by atoms with van der Waals surface area (Å²) >= 11 is 0. The van der Waals surface area contributed by atoms with Crippen LogP contribution in [0.5, 0.6) is 5.75 Å². The number of amides is 1. The minimum atomic E-state index is -4.16. The summed E-state index contributed by atoms with van der Waals surface area (Å²) in [6, 6.07) is 24.0. The fraction of sp³-hybridized carbons (Fsp3) is 0.0741. The molecule has 0 aromatic heterocycles. The molecule has 12 heteroatoms. The summed E-state index contributed by atoms with van der Waals surface area (Å²) in [4.78, 5) is 12.8. The van der Waals surface area contributed by atoms with Crippen molar-refractivity contribution in [1.82, 2.24) is 0 Å². The highest BCUT2D eigenvalue weighted by molar-refractivity contribution is 7.93. The summed E-state index contributed by atoms with van der Waals surface area (Å²) in [5, 5.41) is 2.57. The Bertz CT molecular complexity index is 1650. The molecule has 0 saturated carbocycles. The number of nitrogens with zero attached hydrogens (tertiary/aromatic N) is 1. The number of anilines is 3. The fourth-order valence-electron chi connectivity index (χ4n) is 3.56. The van der Waals surface area contributed by atoms with E-state index >= 15 is 0 Å². The van der Waals surface area contributed by atoms with Gasteiger partial charge < -0.3 is 10.1 Å². The molecule has 1 amide bonds. The van der Waals surface area contributed by atoms with E-state index in [1.807, 2.05) is 0 Å². The van der Waals surface area contributed by atoms with Gasteiger partial charge in [0.25, 0.3) is 20.0 Å². The second-order valence-corrected chi connectivity index (χ2v) is 11.8. The van der Waals surface area contributed by atoms with Crippen molar-refractivity contribution in [3.05, 3.63) is 109 Å². The van der Waals surface area contributed by atoms with Gasteiger partial charge in [0.05, 0.1) is 22.6 Å². The van der Waals surface area contributed by atoms with Crippen LogP contribution in [0.15, 0.2) is 113 Å². The first kappa shape index (κ1) is 27.6. The second kappa shape index (κ2) is 11.5. The van der Waals surface area contributed by atoms with Crippen molar-refractivity contribution < 1.29 is 30.8 Å². The predicted molar refractivity (Wildman–Crippen MR) is 146 cm³/mol. The van der Waals surface area contributed by atoms with Crippen LogP contribution in [0.4, 0.5) is 21.5 Å². The van der Waals surface area contributed by atoms with Crippen LogP contribution < -0.4 is 19.1 Å². The van der Waals surface area contributed by atoms with E-state index in [2.05, 4.69) is 10.0 Å². The van der Waals surface area contributed by atoms with Crippen molar-refractivity contribution in [2.24, 2.45) is 0 Å². The molecule has 0 aliphatic carbocycles. The lowest BCUT2D eigenvalue weighted by Gasteiger charge is -2.24. The minimum absolute atomic E-state index is 0.0407. The number of hydrogen-bond acceptors (Lipinski definition) is 6. The Labute approximate surface area is 226 Å². The van der Waals surface area contributed by atoms with Crippen LogP contribution in [0.2, 0.25) is 0 Å². The summed E-state index contributed by atoms with van der Waals surface area (Å²) in [5.41, 5.74) is 0.690. The van der Waals surface area contributed by atoms with Crippen molar-refractivity contribution in [3.63, 3.8) is 0 Å². The van der Waals surface area contributed by atoms with E-state index < -0.39 is 38.3 Å². The molecule has 0 bridgehead atoms. The Morgan fingerprint density at radius 1 is 0.769 bits per heavy atom. The lowest BCUT2D eigenvalue weighted by Crippen LogP contribution is -2.38. The largest absolute Gasteiger partial charge is 0.497 e. The average molecular weight is 570 g/mol. The van der Waals surface area contributed by atoms with Gasteiger partial charge in [0.1, 0.15) is 18.1 Å². The normalized spacial score (nSPS) is 11.4. The van der Waals surface area contributed by atoms with E-state index in [-0.39, 0.29) is 21.2 Å². The smallest absolute Gasteiger partial charge is 0.264 e. The topological polar surface area (TPSA) is 122 Å². The molecule has 0 fully saturated rings. The van der Waals surface area contributed by atoms with Gasteiger partial charge in [-0.25, -0.2) is 21.2 Å². The number of nitrogens with one attached hydrogen (secondary N) is 2. The molecular formula is C27H24FN3O6S2. The Morgan fingerprint density at radius 3 is 1.95 bits per heavy atom. The molecule has 0 aliphatic heterocycles. The molecule has 4 aromatic carbocycles. The molecule has 0 unspecified atom stereocenters. The van der Waals surface area contributed by atoms with Gasteiger partial charge in [-0.15, -0.1) is 0 Å². The Balaban J connectivity index is 1.50. The number of rotatable bonds is 10. The number of carbonyl (C=O) groups is 1. The molecule has 2 N–H and O–H groups in total. The molecule has 39 heavy (non-hydrogen) atoms. The highest BCUT2D eigenvalue weighted by Crippen LogP contribution is 2.25. The van der Waals surface area contributed by atoms with Crippen molar-refractivity contribution in [2.75, 3.05) is 28.0 Å². The highest BCUT2D eigenvalue weighted by atomic mass is 32.2. The van der Waals surface area contributed by atoms with Gasteiger partial charge in [0.15, 0.2) is 0 Å². The minimum Gasteiger partial charge on any atom is -0.497 e. The first-order valence-electron chi connectivity index (χ1n) is 11.5. The fourth-order valence-corrected chi connectivity index (χ4v) is 6.06. The van der Waals surface area contributed by atoms with E-state index in [1.165, 1.54) is 55.6 Å². The number of halogens is 1. The molecule has 0 radical (unpaired) electrons. The van der Waals surface area contributed by atoms with Crippen molar-refractivity contribution >= 4 is 43.0 Å². The van der Waals surface area contributed by atoms with Crippen molar-refractivity contribution in [2.45, 2.75) is 9.79 Å². The van der Waals surface area contributed by atoms with Crippen LogP contribution in [0.25, 0.3) is 0 Å². The molecule has 0 aliphatic rings. The van der Waals surface area contributed by atoms with E-state index in [0.717, 1.165) is 16.4 Å². The molecule has 9 nitrogen and oxygen atoms in total. The summed E-state index contributed by atoms with van der Waals surface area (Å²) in [7, 11) is -6.57. The van der Waals surface area contributed by atoms with Crippen LogP contribution in [0, 0.1) is 5.82 Å². The first-order chi connectivity index (χ1) is 18.6. The van der Waals surface area contributed by atoms with Crippen molar-refractivity contribution in [1.29, 1.82) is 0 Å². The van der Waals surface area contributed by atoms with Gasteiger partial charge >= 0.3 is 0 Å². The van der Waals surface area contributed by atoms with Crippen LogP contribution in [0.3, 0.4) is 0 Å². The van der Waals surface area contributed by atoms with Gasteiger partial charge in [0.2, 0.25) is 5.91 Å². The molecule has 0 saturated heterocycles. The molecule has 0 atom stereocenters. The molecule has 0 spiro atoms. The highest BCUT2D eigenvalue weighted by Gasteiger charge is 2.27. The average Bonchev–Trinajstić information content (AvgIpc) is 2.93. The van der Waals surface area contributed by atoms with E-state index in [4.69, 9.17) is 4.74 Å². The molecular weight excluding hydrogens is 545 g/mol. The zero-order valence-electron chi connectivity index (χ0n) is 20.6. The summed E-state index contributed by atoms with van der Waals surface area (Å²) < 4.78 is 74.0. The number of ether oxygens (including phenoxy) is 1. The molecule has 4 aromatic rings. The predicted octanol–water partition coefficient (Wildman–Crippen LogP) is 4.47. The zero-order valence-corrected chi connectivity index (χ0v) is 22.2. The van der Waals surface area contributed by atoms with Gasteiger partial charge in [-0.05, 0) is 84.9 Å². The second-order valence-electron chi connectivity index (χ2n) is 8.21. The summed E-state index contributed by atoms with van der Waals surface area (Å²) in [5.74, 6) is -0.671. The Morgan fingerprint density at radius 2 is 1.36 bits per heavy atom. The van der Waals surface area contributed by atoms with Crippen LogP contribution in [-0.2, 0) is 24.8 Å². The van der Waals surface area contributed by atoms with Gasteiger partial charge in [-0.1, -0.05) is 18.2 Å². The van der Waals surface area contributed by atoms with Crippen LogP contribution in [0.1, 0.15) is 0 Å². The molecule has 202 valence electrons. The Kier molecular flexibility index (Phi) is 8.17.